The third-order valence-corrected chi connectivity index (χ3v) is 6.51. The Labute approximate surface area is 182 Å². The Bertz CT molecular complexity index is 862. The van der Waals surface area contributed by atoms with Gasteiger partial charge in [-0.05, 0) is 38.7 Å². The smallest absolute Gasteiger partial charge is 0.342 e. The van der Waals surface area contributed by atoms with Gasteiger partial charge in [-0.2, -0.15) is 0 Å². The number of morpholine rings is 1. The summed E-state index contributed by atoms with van der Waals surface area (Å²) in [5.41, 5.74) is 2.61. The lowest BCUT2D eigenvalue weighted by Crippen LogP contribution is -2.39. The molecule has 0 bridgehead atoms. The molecule has 0 spiro atoms. The van der Waals surface area contributed by atoms with Gasteiger partial charge in [0.2, 0.25) is 0 Å². The zero-order valence-corrected chi connectivity index (χ0v) is 18.6. The lowest BCUT2D eigenvalue weighted by atomic mass is 9.85. The summed E-state index contributed by atoms with van der Waals surface area (Å²) in [7, 11) is 1.63. The molecule has 3 heterocycles. The molecule has 170 valence electrons. The monoisotopic (exact) mass is 433 g/mol. The Hall–Kier alpha value is -2.32. The molecule has 1 aromatic carbocycles. The molecule has 4 rings (SSSR count). The van der Waals surface area contributed by atoms with Crippen LogP contribution in [-0.2, 0) is 32.0 Å². The van der Waals surface area contributed by atoms with Gasteiger partial charge in [-0.15, -0.1) is 0 Å². The van der Waals surface area contributed by atoms with E-state index in [2.05, 4.69) is 4.90 Å². The quantitative estimate of drug-likeness (QED) is 0.607. The van der Waals surface area contributed by atoms with Crippen molar-refractivity contribution in [3.05, 3.63) is 22.3 Å². The van der Waals surface area contributed by atoms with Crippen LogP contribution in [0.4, 0.5) is 0 Å². The predicted molar refractivity (Wildman–Crippen MR) is 112 cm³/mol. The molecule has 0 aromatic heterocycles. The van der Waals surface area contributed by atoms with Crippen LogP contribution in [0, 0.1) is 6.92 Å². The molecule has 0 N–H and O–H groups in total. The first kappa shape index (κ1) is 21.9. The SMILES string of the molecule is COc1c(C)c2c(c3c1CC[C@](C)(CCC(=O)OCCN1CCOCC1)O3)C(=O)OC2. The van der Waals surface area contributed by atoms with Crippen LogP contribution < -0.4 is 9.47 Å². The van der Waals surface area contributed by atoms with E-state index in [0.717, 1.165) is 61.7 Å². The van der Waals surface area contributed by atoms with Crippen LogP contribution in [0.1, 0.15) is 53.2 Å². The second-order valence-electron chi connectivity index (χ2n) is 8.62. The number of cyclic esters (lactones) is 1. The van der Waals surface area contributed by atoms with Crippen LogP contribution in [-0.4, -0.2) is 69.0 Å². The van der Waals surface area contributed by atoms with Gasteiger partial charge in [0, 0.05) is 37.2 Å². The number of carbonyl (C=O) groups excluding carboxylic acids is 2. The Kier molecular flexibility index (Phi) is 6.39. The van der Waals surface area contributed by atoms with Gasteiger partial charge >= 0.3 is 11.9 Å². The van der Waals surface area contributed by atoms with Crippen molar-refractivity contribution < 1.29 is 33.3 Å². The molecule has 1 atom stereocenters. The van der Waals surface area contributed by atoms with Gasteiger partial charge in [-0.3, -0.25) is 9.69 Å². The maximum absolute atomic E-state index is 12.4. The number of rotatable bonds is 7. The highest BCUT2D eigenvalue weighted by atomic mass is 16.5. The van der Waals surface area contributed by atoms with Gasteiger partial charge in [-0.25, -0.2) is 4.79 Å². The predicted octanol–water partition coefficient (Wildman–Crippen LogP) is 2.41. The lowest BCUT2D eigenvalue weighted by molar-refractivity contribution is -0.145. The average Bonchev–Trinajstić information content (AvgIpc) is 3.16. The molecular formula is C23H31NO7. The number of ether oxygens (including phenoxy) is 5. The summed E-state index contributed by atoms with van der Waals surface area (Å²) in [5.74, 6) is 0.727. The number of fused-ring (bicyclic) bond motifs is 3. The molecule has 0 unspecified atom stereocenters. The van der Waals surface area contributed by atoms with Gasteiger partial charge in [0.05, 0.1) is 20.3 Å². The van der Waals surface area contributed by atoms with Gasteiger partial charge in [0.25, 0.3) is 0 Å². The number of carbonyl (C=O) groups is 2. The fourth-order valence-corrected chi connectivity index (χ4v) is 4.58. The second-order valence-corrected chi connectivity index (χ2v) is 8.62. The van der Waals surface area contributed by atoms with Gasteiger partial charge in [-0.1, -0.05) is 0 Å². The molecule has 0 amide bonds. The van der Waals surface area contributed by atoms with Crippen LogP contribution in [0.15, 0.2) is 0 Å². The maximum atomic E-state index is 12.4. The number of hydrogen-bond donors (Lipinski definition) is 0. The van der Waals surface area contributed by atoms with E-state index in [9.17, 15) is 9.59 Å². The van der Waals surface area contributed by atoms with Gasteiger partial charge < -0.3 is 23.7 Å². The number of methoxy groups -OCH3 is 1. The van der Waals surface area contributed by atoms with E-state index in [1.54, 1.807) is 7.11 Å². The van der Waals surface area contributed by atoms with E-state index < -0.39 is 5.60 Å². The molecule has 1 saturated heterocycles. The van der Waals surface area contributed by atoms with E-state index >= 15 is 0 Å². The van der Waals surface area contributed by atoms with E-state index in [0.29, 0.717) is 30.8 Å². The van der Waals surface area contributed by atoms with Crippen LogP contribution in [0.2, 0.25) is 0 Å². The molecule has 3 aliphatic heterocycles. The van der Waals surface area contributed by atoms with Crippen molar-refractivity contribution in [1.29, 1.82) is 0 Å². The highest BCUT2D eigenvalue weighted by Crippen LogP contribution is 2.48. The summed E-state index contributed by atoms with van der Waals surface area (Å²) < 4.78 is 28.0. The van der Waals surface area contributed by atoms with Crippen LogP contribution >= 0.6 is 0 Å². The Balaban J connectivity index is 1.38. The zero-order chi connectivity index (χ0) is 22.0. The molecule has 0 aliphatic carbocycles. The number of nitrogens with zero attached hydrogens (tertiary/aromatic N) is 1. The van der Waals surface area contributed by atoms with Crippen molar-refractivity contribution in [1.82, 2.24) is 4.90 Å². The molecule has 1 aromatic rings. The van der Waals surface area contributed by atoms with Crippen LogP contribution in [0.3, 0.4) is 0 Å². The van der Waals surface area contributed by atoms with E-state index in [4.69, 9.17) is 23.7 Å². The second kappa shape index (κ2) is 9.04. The summed E-state index contributed by atoms with van der Waals surface area (Å²) >= 11 is 0. The molecule has 0 saturated carbocycles. The number of esters is 2. The minimum Gasteiger partial charge on any atom is -0.496 e. The number of hydrogen-bond acceptors (Lipinski definition) is 8. The molecule has 3 aliphatic rings. The highest BCUT2D eigenvalue weighted by Gasteiger charge is 2.40. The Morgan fingerprint density at radius 3 is 2.74 bits per heavy atom. The Morgan fingerprint density at radius 1 is 1.23 bits per heavy atom. The molecule has 8 nitrogen and oxygen atoms in total. The van der Waals surface area contributed by atoms with Crippen molar-refractivity contribution >= 4 is 11.9 Å². The van der Waals surface area contributed by atoms with Crippen molar-refractivity contribution in [2.75, 3.05) is 46.6 Å². The summed E-state index contributed by atoms with van der Waals surface area (Å²) in [6.45, 7) is 8.48. The minimum atomic E-state index is -0.562. The molecule has 31 heavy (non-hydrogen) atoms. The summed E-state index contributed by atoms with van der Waals surface area (Å²) in [5, 5.41) is 0. The number of benzene rings is 1. The van der Waals surface area contributed by atoms with Gasteiger partial charge in [0.1, 0.15) is 35.9 Å². The van der Waals surface area contributed by atoms with E-state index in [1.165, 1.54) is 0 Å². The summed E-state index contributed by atoms with van der Waals surface area (Å²) in [4.78, 5) is 26.9. The van der Waals surface area contributed by atoms with Crippen LogP contribution in [0.25, 0.3) is 0 Å². The molecule has 0 radical (unpaired) electrons. The van der Waals surface area contributed by atoms with Gasteiger partial charge in [0.15, 0.2) is 0 Å². The average molecular weight is 434 g/mol. The van der Waals surface area contributed by atoms with Crippen molar-refractivity contribution in [2.24, 2.45) is 0 Å². The topological polar surface area (TPSA) is 83.5 Å². The van der Waals surface area contributed by atoms with E-state index in [1.807, 2.05) is 13.8 Å². The lowest BCUT2D eigenvalue weighted by Gasteiger charge is -2.37. The van der Waals surface area contributed by atoms with Crippen LogP contribution in [0.5, 0.6) is 11.5 Å². The van der Waals surface area contributed by atoms with E-state index in [-0.39, 0.29) is 25.0 Å². The van der Waals surface area contributed by atoms with Crippen molar-refractivity contribution in [3.8, 4) is 11.5 Å². The standard InChI is InChI=1S/C23H31NO7/c1-15-17-14-30-22(26)19(17)21-16(20(15)27-3)4-6-23(2,31-21)7-5-18(25)29-13-10-24-8-11-28-12-9-24/h4-14H2,1-3H3/t23-/m1/s1. The summed E-state index contributed by atoms with van der Waals surface area (Å²) in [6.07, 6.45) is 2.22. The molecule has 8 heteroatoms. The highest BCUT2D eigenvalue weighted by molar-refractivity contribution is 5.98. The first-order chi connectivity index (χ1) is 14.9. The Morgan fingerprint density at radius 2 is 2.00 bits per heavy atom. The fraction of sp³-hybridized carbons (Fsp3) is 0.652. The fourth-order valence-electron chi connectivity index (χ4n) is 4.58. The summed E-state index contributed by atoms with van der Waals surface area (Å²) in [6, 6.07) is 0. The first-order valence-corrected chi connectivity index (χ1v) is 11.0. The zero-order valence-electron chi connectivity index (χ0n) is 18.6. The maximum Gasteiger partial charge on any atom is 0.342 e. The van der Waals surface area contributed by atoms with Crippen molar-refractivity contribution in [3.63, 3.8) is 0 Å². The first-order valence-electron chi connectivity index (χ1n) is 11.0. The molecule has 1 fully saturated rings. The normalized spacial score (nSPS) is 22.9. The largest absolute Gasteiger partial charge is 0.496 e. The minimum absolute atomic E-state index is 0.227. The third kappa shape index (κ3) is 4.50. The molecular weight excluding hydrogens is 402 g/mol. The third-order valence-electron chi connectivity index (χ3n) is 6.51. The van der Waals surface area contributed by atoms with Crippen molar-refractivity contribution in [2.45, 2.75) is 51.7 Å².